The number of methoxy groups -OCH3 is 1. The van der Waals surface area contributed by atoms with Gasteiger partial charge in [-0.15, -0.1) is 0 Å². The Bertz CT molecular complexity index is 566. The highest BCUT2D eigenvalue weighted by Gasteiger charge is 2.22. The van der Waals surface area contributed by atoms with Gasteiger partial charge in [0, 0.05) is 18.0 Å². The van der Waals surface area contributed by atoms with Crippen LogP contribution in [-0.4, -0.2) is 22.2 Å². The monoisotopic (exact) mass is 268 g/mol. The number of rotatable bonds is 3. The SMILES string of the molecule is COc1nccnc1C(O)c1cccc(Cl)c1F. The van der Waals surface area contributed by atoms with Crippen molar-refractivity contribution in [2.45, 2.75) is 6.10 Å². The van der Waals surface area contributed by atoms with Gasteiger partial charge in [0.15, 0.2) is 0 Å². The molecule has 1 N–H and O–H groups in total. The molecule has 1 aromatic heterocycles. The summed E-state index contributed by atoms with van der Waals surface area (Å²) in [5.41, 5.74) is 0.169. The third-order valence-corrected chi connectivity index (χ3v) is 2.71. The van der Waals surface area contributed by atoms with Gasteiger partial charge < -0.3 is 9.84 Å². The van der Waals surface area contributed by atoms with Crippen LogP contribution in [0.1, 0.15) is 17.4 Å². The smallest absolute Gasteiger partial charge is 0.238 e. The highest BCUT2D eigenvalue weighted by atomic mass is 35.5. The number of aliphatic hydroxyl groups is 1. The van der Waals surface area contributed by atoms with Gasteiger partial charge in [-0.05, 0) is 6.07 Å². The molecule has 0 aliphatic carbocycles. The highest BCUT2D eigenvalue weighted by molar-refractivity contribution is 6.30. The van der Waals surface area contributed by atoms with Crippen LogP contribution in [-0.2, 0) is 0 Å². The number of benzene rings is 1. The molecule has 1 heterocycles. The maximum Gasteiger partial charge on any atom is 0.238 e. The van der Waals surface area contributed by atoms with E-state index in [4.69, 9.17) is 16.3 Å². The van der Waals surface area contributed by atoms with Crippen molar-refractivity contribution in [1.82, 2.24) is 9.97 Å². The summed E-state index contributed by atoms with van der Waals surface area (Å²) in [4.78, 5) is 7.85. The van der Waals surface area contributed by atoms with E-state index in [1.807, 2.05) is 0 Å². The van der Waals surface area contributed by atoms with E-state index >= 15 is 0 Å². The van der Waals surface area contributed by atoms with E-state index in [-0.39, 0.29) is 22.2 Å². The average molecular weight is 269 g/mol. The van der Waals surface area contributed by atoms with E-state index in [2.05, 4.69) is 9.97 Å². The van der Waals surface area contributed by atoms with Crippen LogP contribution < -0.4 is 4.74 Å². The third-order valence-electron chi connectivity index (χ3n) is 2.42. The molecule has 0 amide bonds. The van der Waals surface area contributed by atoms with Crippen molar-refractivity contribution < 1.29 is 14.2 Å². The number of hydrogen-bond acceptors (Lipinski definition) is 4. The average Bonchev–Trinajstić information content (AvgIpc) is 2.41. The Morgan fingerprint density at radius 2 is 2.06 bits per heavy atom. The molecule has 94 valence electrons. The standard InChI is InChI=1S/C12H10ClFN2O2/c1-18-12-10(15-5-6-16-12)11(17)7-3-2-4-8(13)9(7)14/h2-6,11,17H,1H3. The first-order valence-corrected chi connectivity index (χ1v) is 5.49. The first-order chi connectivity index (χ1) is 8.65. The Morgan fingerprint density at radius 3 is 2.78 bits per heavy atom. The lowest BCUT2D eigenvalue weighted by Crippen LogP contribution is -2.08. The van der Waals surface area contributed by atoms with Gasteiger partial charge >= 0.3 is 0 Å². The lowest BCUT2D eigenvalue weighted by molar-refractivity contribution is 0.202. The van der Waals surface area contributed by atoms with Crippen LogP contribution in [0.2, 0.25) is 5.02 Å². The summed E-state index contributed by atoms with van der Waals surface area (Å²) in [5.74, 6) is -0.538. The van der Waals surface area contributed by atoms with E-state index < -0.39 is 11.9 Å². The molecule has 0 aliphatic heterocycles. The van der Waals surface area contributed by atoms with E-state index in [9.17, 15) is 9.50 Å². The van der Waals surface area contributed by atoms with E-state index in [1.165, 1.54) is 31.6 Å². The second-order valence-electron chi connectivity index (χ2n) is 3.50. The zero-order chi connectivity index (χ0) is 13.1. The molecule has 1 unspecified atom stereocenters. The first-order valence-electron chi connectivity index (χ1n) is 5.12. The first kappa shape index (κ1) is 12.7. The lowest BCUT2D eigenvalue weighted by Gasteiger charge is -2.13. The van der Waals surface area contributed by atoms with Crippen LogP contribution in [0.3, 0.4) is 0 Å². The summed E-state index contributed by atoms with van der Waals surface area (Å²) in [6.45, 7) is 0. The zero-order valence-electron chi connectivity index (χ0n) is 9.47. The second-order valence-corrected chi connectivity index (χ2v) is 3.90. The van der Waals surface area contributed by atoms with Crippen molar-refractivity contribution in [3.05, 3.63) is 52.7 Å². The van der Waals surface area contributed by atoms with Crippen LogP contribution in [0, 0.1) is 5.82 Å². The third kappa shape index (κ3) is 2.27. The fourth-order valence-corrected chi connectivity index (χ4v) is 1.74. The fraction of sp³-hybridized carbons (Fsp3) is 0.167. The summed E-state index contributed by atoms with van der Waals surface area (Å²) in [5, 5.41) is 10.1. The molecule has 0 bridgehead atoms. The van der Waals surface area contributed by atoms with Crippen molar-refractivity contribution in [1.29, 1.82) is 0 Å². The number of aliphatic hydroxyl groups excluding tert-OH is 1. The molecule has 1 atom stereocenters. The maximum atomic E-state index is 13.8. The summed E-state index contributed by atoms with van der Waals surface area (Å²) in [6, 6.07) is 4.38. The molecular formula is C12H10ClFN2O2. The normalized spacial score (nSPS) is 12.2. The van der Waals surface area contributed by atoms with Crippen LogP contribution in [0.4, 0.5) is 4.39 Å². The Hall–Kier alpha value is -1.72. The quantitative estimate of drug-likeness (QED) is 0.928. The predicted molar refractivity (Wildman–Crippen MR) is 64.1 cm³/mol. The number of ether oxygens (including phenoxy) is 1. The van der Waals surface area contributed by atoms with Crippen molar-refractivity contribution in [2.24, 2.45) is 0 Å². The Morgan fingerprint density at radius 1 is 1.33 bits per heavy atom. The van der Waals surface area contributed by atoms with Crippen molar-refractivity contribution >= 4 is 11.6 Å². The Balaban J connectivity index is 2.48. The van der Waals surface area contributed by atoms with Crippen LogP contribution >= 0.6 is 11.6 Å². The zero-order valence-corrected chi connectivity index (χ0v) is 10.2. The summed E-state index contributed by atoms with van der Waals surface area (Å²) in [7, 11) is 1.40. The molecule has 2 aromatic rings. The van der Waals surface area contributed by atoms with Gasteiger partial charge in [-0.1, -0.05) is 23.7 Å². The largest absolute Gasteiger partial charge is 0.480 e. The minimum absolute atomic E-state index is 0.0290. The van der Waals surface area contributed by atoms with Crippen molar-refractivity contribution in [3.63, 3.8) is 0 Å². The molecule has 4 nitrogen and oxygen atoms in total. The number of aromatic nitrogens is 2. The van der Waals surface area contributed by atoms with E-state index in [0.717, 1.165) is 0 Å². The van der Waals surface area contributed by atoms with Crippen LogP contribution in [0.15, 0.2) is 30.6 Å². The summed E-state index contributed by atoms with van der Waals surface area (Å²) < 4.78 is 18.8. The molecule has 2 rings (SSSR count). The minimum Gasteiger partial charge on any atom is -0.480 e. The van der Waals surface area contributed by atoms with E-state index in [1.54, 1.807) is 6.07 Å². The lowest BCUT2D eigenvalue weighted by atomic mass is 10.1. The molecule has 0 spiro atoms. The summed E-state index contributed by atoms with van der Waals surface area (Å²) >= 11 is 5.67. The van der Waals surface area contributed by atoms with Crippen LogP contribution in [0.5, 0.6) is 5.88 Å². The van der Waals surface area contributed by atoms with Crippen molar-refractivity contribution in [3.8, 4) is 5.88 Å². The van der Waals surface area contributed by atoms with E-state index in [0.29, 0.717) is 0 Å². The molecular weight excluding hydrogens is 259 g/mol. The molecule has 0 aliphatic rings. The molecule has 6 heteroatoms. The van der Waals surface area contributed by atoms with Crippen molar-refractivity contribution in [2.75, 3.05) is 7.11 Å². The van der Waals surface area contributed by atoms with Gasteiger partial charge in [-0.3, -0.25) is 4.98 Å². The van der Waals surface area contributed by atoms with Gasteiger partial charge in [0.25, 0.3) is 0 Å². The molecule has 1 aromatic carbocycles. The Kier molecular flexibility index (Phi) is 3.74. The number of nitrogens with zero attached hydrogens (tertiary/aromatic N) is 2. The minimum atomic E-state index is -1.28. The van der Waals surface area contributed by atoms with Gasteiger partial charge in [-0.2, -0.15) is 0 Å². The highest BCUT2D eigenvalue weighted by Crippen LogP contribution is 2.30. The fourth-order valence-electron chi connectivity index (χ4n) is 1.56. The molecule has 0 radical (unpaired) electrons. The molecule has 0 saturated carbocycles. The van der Waals surface area contributed by atoms with Gasteiger partial charge in [0.05, 0.1) is 12.1 Å². The summed E-state index contributed by atoms with van der Waals surface area (Å²) in [6.07, 6.45) is 1.53. The van der Waals surface area contributed by atoms with Gasteiger partial charge in [0.1, 0.15) is 17.6 Å². The maximum absolute atomic E-state index is 13.8. The number of halogens is 2. The molecule has 0 saturated heterocycles. The molecule has 18 heavy (non-hydrogen) atoms. The topological polar surface area (TPSA) is 55.2 Å². The molecule has 0 fully saturated rings. The van der Waals surface area contributed by atoms with Crippen LogP contribution in [0.25, 0.3) is 0 Å². The Labute approximate surface area is 108 Å². The van der Waals surface area contributed by atoms with Gasteiger partial charge in [-0.25, -0.2) is 9.37 Å². The number of hydrogen-bond donors (Lipinski definition) is 1. The predicted octanol–water partition coefficient (Wildman–Crippen LogP) is 2.36. The van der Waals surface area contributed by atoms with Gasteiger partial charge in [0.2, 0.25) is 5.88 Å². The second kappa shape index (κ2) is 5.29.